The van der Waals surface area contributed by atoms with Gasteiger partial charge in [0.25, 0.3) is 5.92 Å². The molecule has 4 heteroatoms. The minimum Gasteiger partial charge on any atom is -0.241 e. The van der Waals surface area contributed by atoms with E-state index in [4.69, 9.17) is 0 Å². The van der Waals surface area contributed by atoms with Crippen molar-refractivity contribution in [3.8, 4) is 0 Å². The molecule has 0 atom stereocenters. The Bertz CT molecular complexity index is 294. The van der Waals surface area contributed by atoms with Crippen LogP contribution >= 0.6 is 0 Å². The van der Waals surface area contributed by atoms with Crippen LogP contribution in [-0.2, 0) is 11.3 Å². The second kappa shape index (κ2) is 3.26. The summed E-state index contributed by atoms with van der Waals surface area (Å²) >= 11 is 0. The molecule has 0 saturated heterocycles. The molecule has 0 fully saturated rings. The van der Waals surface area contributed by atoms with E-state index in [2.05, 4.69) is 9.97 Å². The maximum absolute atomic E-state index is 12.9. The van der Waals surface area contributed by atoms with E-state index in [1.165, 1.54) is 12.4 Å². The van der Waals surface area contributed by atoms with Gasteiger partial charge < -0.3 is 0 Å². The van der Waals surface area contributed by atoms with Crippen molar-refractivity contribution in [1.29, 1.82) is 0 Å². The minimum atomic E-state index is -2.90. The van der Waals surface area contributed by atoms with Gasteiger partial charge in [0, 0.05) is 18.0 Å². The molecule has 0 aromatic carbocycles. The van der Waals surface area contributed by atoms with Crippen LogP contribution in [0.5, 0.6) is 0 Å². The highest BCUT2D eigenvalue weighted by Gasteiger charge is 2.28. The van der Waals surface area contributed by atoms with Crippen molar-refractivity contribution < 1.29 is 8.78 Å². The van der Waals surface area contributed by atoms with Crippen LogP contribution in [0.15, 0.2) is 12.4 Å². The molecular weight excluding hydrogens is 186 g/mol. The Morgan fingerprint density at radius 1 is 1.00 bits per heavy atom. The van der Waals surface area contributed by atoms with Gasteiger partial charge in [0.2, 0.25) is 0 Å². The molecule has 0 amide bonds. The van der Waals surface area contributed by atoms with E-state index >= 15 is 0 Å². The first-order valence-corrected chi connectivity index (χ1v) is 4.42. The van der Waals surface area contributed by atoms with Gasteiger partial charge in [0.15, 0.2) is 0 Å². The summed E-state index contributed by atoms with van der Waals surface area (Å²) in [6, 6.07) is 1.36. The highest BCUT2D eigenvalue weighted by atomic mass is 19.3. The SMILES string of the molecule is CC(C)(C)c1cc(C(C)(F)F)ncn1. The molecule has 2 nitrogen and oxygen atoms in total. The lowest BCUT2D eigenvalue weighted by molar-refractivity contribution is 0.0124. The van der Waals surface area contributed by atoms with Gasteiger partial charge in [0.05, 0.1) is 0 Å². The lowest BCUT2D eigenvalue weighted by Crippen LogP contribution is -2.17. The molecule has 0 saturated carbocycles. The molecule has 1 aromatic rings. The van der Waals surface area contributed by atoms with Crippen molar-refractivity contribution in [3.63, 3.8) is 0 Å². The third kappa shape index (κ3) is 2.47. The molecule has 0 aliphatic heterocycles. The molecule has 0 aliphatic carbocycles. The number of aromatic nitrogens is 2. The van der Waals surface area contributed by atoms with Crippen molar-refractivity contribution in [2.45, 2.75) is 39.0 Å². The molecular formula is C10H14F2N2. The monoisotopic (exact) mass is 200 g/mol. The second-order valence-corrected chi connectivity index (χ2v) is 4.43. The van der Waals surface area contributed by atoms with Gasteiger partial charge in [-0.1, -0.05) is 20.8 Å². The van der Waals surface area contributed by atoms with Crippen LogP contribution in [0.1, 0.15) is 39.1 Å². The van der Waals surface area contributed by atoms with Crippen LogP contribution in [0.3, 0.4) is 0 Å². The first kappa shape index (κ1) is 11.0. The summed E-state index contributed by atoms with van der Waals surface area (Å²) in [5.74, 6) is -2.90. The van der Waals surface area contributed by atoms with Gasteiger partial charge >= 0.3 is 0 Å². The Balaban J connectivity index is 3.15. The third-order valence-electron chi connectivity index (χ3n) is 1.89. The summed E-state index contributed by atoms with van der Waals surface area (Å²) in [7, 11) is 0. The fourth-order valence-corrected chi connectivity index (χ4v) is 1.01. The van der Waals surface area contributed by atoms with Gasteiger partial charge in [-0.2, -0.15) is 8.78 Å². The predicted octanol–water partition coefficient (Wildman–Crippen LogP) is 2.89. The summed E-state index contributed by atoms with van der Waals surface area (Å²) < 4.78 is 25.9. The summed E-state index contributed by atoms with van der Waals surface area (Å²) in [4.78, 5) is 7.54. The topological polar surface area (TPSA) is 25.8 Å². The summed E-state index contributed by atoms with van der Waals surface area (Å²) in [6.45, 7) is 6.61. The van der Waals surface area contributed by atoms with Crippen molar-refractivity contribution in [1.82, 2.24) is 9.97 Å². The number of hydrogen-bond acceptors (Lipinski definition) is 2. The van der Waals surface area contributed by atoms with Gasteiger partial charge in [0.1, 0.15) is 12.0 Å². The second-order valence-electron chi connectivity index (χ2n) is 4.43. The Morgan fingerprint density at radius 2 is 1.50 bits per heavy atom. The summed E-state index contributed by atoms with van der Waals surface area (Å²) in [5.41, 5.74) is 0.171. The van der Waals surface area contributed by atoms with E-state index in [1.807, 2.05) is 20.8 Å². The zero-order valence-corrected chi connectivity index (χ0v) is 8.81. The van der Waals surface area contributed by atoms with Crippen LogP contribution in [0.25, 0.3) is 0 Å². The molecule has 0 unspecified atom stereocenters. The van der Waals surface area contributed by atoms with Crippen molar-refractivity contribution in [2.75, 3.05) is 0 Å². The largest absolute Gasteiger partial charge is 0.287 e. The van der Waals surface area contributed by atoms with E-state index in [0.717, 1.165) is 6.92 Å². The molecule has 0 aliphatic rings. The number of hydrogen-bond donors (Lipinski definition) is 0. The fourth-order valence-electron chi connectivity index (χ4n) is 1.01. The van der Waals surface area contributed by atoms with Gasteiger partial charge in [-0.25, -0.2) is 9.97 Å². The van der Waals surface area contributed by atoms with E-state index in [1.54, 1.807) is 0 Å². The van der Waals surface area contributed by atoms with Crippen LogP contribution in [0, 0.1) is 0 Å². The number of halogens is 2. The highest BCUT2D eigenvalue weighted by Crippen LogP contribution is 2.27. The minimum absolute atomic E-state index is 0.225. The molecule has 14 heavy (non-hydrogen) atoms. The van der Waals surface area contributed by atoms with Gasteiger partial charge in [-0.15, -0.1) is 0 Å². The fraction of sp³-hybridized carbons (Fsp3) is 0.600. The Labute approximate surface area is 82.4 Å². The normalized spacial score (nSPS) is 13.0. The molecule has 1 rings (SSSR count). The standard InChI is InChI=1S/C10H14F2N2/c1-9(2,3)7-5-8(10(4,11)12)14-6-13-7/h5-6H,1-4H3. The maximum Gasteiger partial charge on any atom is 0.287 e. The molecule has 0 bridgehead atoms. The highest BCUT2D eigenvalue weighted by molar-refractivity contribution is 5.18. The van der Waals surface area contributed by atoms with Crippen LogP contribution in [-0.4, -0.2) is 9.97 Å². The Kier molecular flexibility index (Phi) is 2.56. The quantitative estimate of drug-likeness (QED) is 0.696. The average molecular weight is 200 g/mol. The van der Waals surface area contributed by atoms with E-state index in [9.17, 15) is 8.78 Å². The summed E-state index contributed by atoms with van der Waals surface area (Å²) in [5, 5.41) is 0. The zero-order chi connectivity index (χ0) is 11.0. The first-order chi connectivity index (χ1) is 6.21. The molecule has 0 radical (unpaired) electrons. The van der Waals surface area contributed by atoms with Gasteiger partial charge in [-0.3, -0.25) is 0 Å². The van der Waals surface area contributed by atoms with Crippen LogP contribution in [0.4, 0.5) is 8.78 Å². The predicted molar refractivity (Wildman–Crippen MR) is 50.3 cm³/mol. The van der Waals surface area contributed by atoms with Crippen LogP contribution < -0.4 is 0 Å². The number of alkyl halides is 2. The van der Waals surface area contributed by atoms with E-state index in [-0.39, 0.29) is 11.1 Å². The molecule has 0 N–H and O–H groups in total. The maximum atomic E-state index is 12.9. The number of rotatable bonds is 1. The van der Waals surface area contributed by atoms with E-state index < -0.39 is 5.92 Å². The van der Waals surface area contributed by atoms with Crippen molar-refractivity contribution in [3.05, 3.63) is 23.8 Å². The Morgan fingerprint density at radius 3 is 1.93 bits per heavy atom. The van der Waals surface area contributed by atoms with Crippen LogP contribution in [0.2, 0.25) is 0 Å². The van der Waals surface area contributed by atoms with E-state index in [0.29, 0.717) is 5.69 Å². The number of nitrogens with zero attached hydrogens (tertiary/aromatic N) is 2. The average Bonchev–Trinajstić information content (AvgIpc) is 2.01. The zero-order valence-electron chi connectivity index (χ0n) is 8.81. The van der Waals surface area contributed by atoms with Crippen molar-refractivity contribution >= 4 is 0 Å². The Hall–Kier alpha value is -1.06. The molecule has 1 heterocycles. The molecule has 78 valence electrons. The van der Waals surface area contributed by atoms with Crippen molar-refractivity contribution in [2.24, 2.45) is 0 Å². The first-order valence-electron chi connectivity index (χ1n) is 4.42. The lowest BCUT2D eigenvalue weighted by atomic mass is 9.91. The molecule has 1 aromatic heterocycles. The third-order valence-corrected chi connectivity index (χ3v) is 1.89. The van der Waals surface area contributed by atoms with Gasteiger partial charge in [-0.05, 0) is 6.07 Å². The summed E-state index contributed by atoms with van der Waals surface area (Å²) in [6.07, 6.45) is 1.19. The lowest BCUT2D eigenvalue weighted by Gasteiger charge is -2.19. The molecule has 0 spiro atoms. The smallest absolute Gasteiger partial charge is 0.241 e.